The molecule has 0 unspecified atom stereocenters. The number of benzene rings is 3. The van der Waals surface area contributed by atoms with Gasteiger partial charge < -0.3 is 14.6 Å². The second-order valence-corrected chi connectivity index (χ2v) is 8.94. The molecule has 7 nitrogen and oxygen atoms in total. The maximum absolute atomic E-state index is 6.39. The van der Waals surface area contributed by atoms with Crippen LogP contribution in [0.1, 0.15) is 12.8 Å². The number of ether oxygens (including phenoxy) is 1. The van der Waals surface area contributed by atoms with Gasteiger partial charge in [0.1, 0.15) is 6.33 Å². The van der Waals surface area contributed by atoms with Crippen LogP contribution in [-0.2, 0) is 4.74 Å². The number of halogens is 1. The Morgan fingerprint density at radius 2 is 1.80 bits per heavy atom. The lowest BCUT2D eigenvalue weighted by Crippen LogP contribution is -2.23. The van der Waals surface area contributed by atoms with Crippen molar-refractivity contribution in [2.75, 3.05) is 18.5 Å². The molecule has 0 saturated carbocycles. The standard InChI is InChI=1S/C27H23ClN6O/c28-18-4-3-5-21(12-18)34-26-7-2-1-6-22(26)33-25-13-23(32-20-15-29-17-30-16-20)24(14-27(25)34)31-19-8-10-35-11-9-19/h1-7,12-17,19,32H,8-11H2. The summed E-state index contributed by atoms with van der Waals surface area (Å²) in [5, 5.41) is 4.99. The normalized spacial score (nSPS) is 15.1. The molecule has 0 spiro atoms. The second kappa shape index (κ2) is 9.44. The number of hydrogen-bond donors (Lipinski definition) is 1. The van der Waals surface area contributed by atoms with Gasteiger partial charge in [0, 0.05) is 23.9 Å². The van der Waals surface area contributed by atoms with Crippen LogP contribution in [0.3, 0.4) is 0 Å². The van der Waals surface area contributed by atoms with Gasteiger partial charge in [0.25, 0.3) is 0 Å². The topological polar surface area (TPSA) is 77.2 Å². The van der Waals surface area contributed by atoms with Gasteiger partial charge in [0.15, 0.2) is 0 Å². The molecular weight excluding hydrogens is 460 g/mol. The molecule has 35 heavy (non-hydrogen) atoms. The zero-order chi connectivity index (χ0) is 23.6. The van der Waals surface area contributed by atoms with Crippen molar-refractivity contribution in [1.82, 2.24) is 19.5 Å². The molecule has 3 aromatic rings. The van der Waals surface area contributed by atoms with Crippen LogP contribution in [-0.4, -0.2) is 38.8 Å². The highest BCUT2D eigenvalue weighted by Crippen LogP contribution is 2.31. The fourth-order valence-corrected chi connectivity index (χ4v) is 4.66. The first kappa shape index (κ1) is 21.7. The summed E-state index contributed by atoms with van der Waals surface area (Å²) in [5.41, 5.74) is 6.30. The summed E-state index contributed by atoms with van der Waals surface area (Å²) in [6.45, 7) is 1.46. The summed E-state index contributed by atoms with van der Waals surface area (Å²) in [4.78, 5) is 18.4. The molecule has 1 aromatic heterocycles. The second-order valence-electron chi connectivity index (χ2n) is 8.50. The van der Waals surface area contributed by atoms with E-state index in [4.69, 9.17) is 26.3 Å². The van der Waals surface area contributed by atoms with Gasteiger partial charge in [0.2, 0.25) is 0 Å². The largest absolute Gasteiger partial charge is 0.381 e. The van der Waals surface area contributed by atoms with E-state index < -0.39 is 0 Å². The lowest BCUT2D eigenvalue weighted by Gasteiger charge is -2.22. The third kappa shape index (κ3) is 4.48. The Labute approximate surface area is 207 Å². The van der Waals surface area contributed by atoms with E-state index in [1.165, 1.54) is 6.33 Å². The first-order valence-corrected chi connectivity index (χ1v) is 12.0. The van der Waals surface area contributed by atoms with Gasteiger partial charge in [-0.05, 0) is 55.3 Å². The van der Waals surface area contributed by atoms with Gasteiger partial charge in [0.05, 0.1) is 57.6 Å². The van der Waals surface area contributed by atoms with Crippen molar-refractivity contribution in [3.63, 3.8) is 0 Å². The summed E-state index contributed by atoms with van der Waals surface area (Å²) in [5.74, 6) is 0. The number of hydrogen-bond acceptors (Lipinski definition) is 6. The number of aromatic nitrogens is 4. The molecule has 3 heterocycles. The number of nitrogens with zero attached hydrogens (tertiary/aromatic N) is 5. The molecule has 1 aliphatic carbocycles. The predicted octanol–water partition coefficient (Wildman–Crippen LogP) is 5.40. The summed E-state index contributed by atoms with van der Waals surface area (Å²) >= 11 is 6.39. The monoisotopic (exact) mass is 482 g/mol. The Bertz CT molecular complexity index is 1530. The average molecular weight is 483 g/mol. The summed E-state index contributed by atoms with van der Waals surface area (Å²) in [6.07, 6.45) is 6.80. The van der Waals surface area contributed by atoms with Crippen molar-refractivity contribution in [2.24, 2.45) is 4.99 Å². The number of rotatable bonds is 4. The average Bonchev–Trinajstić information content (AvgIpc) is 2.89. The maximum Gasteiger partial charge on any atom is 0.115 e. The van der Waals surface area contributed by atoms with Crippen molar-refractivity contribution in [2.45, 2.75) is 18.9 Å². The van der Waals surface area contributed by atoms with Gasteiger partial charge >= 0.3 is 0 Å². The molecule has 174 valence electrons. The minimum atomic E-state index is 0.196. The van der Waals surface area contributed by atoms with Crippen LogP contribution in [0.5, 0.6) is 0 Å². The third-order valence-corrected chi connectivity index (χ3v) is 6.35. The fraction of sp³-hybridized carbons (Fsp3) is 0.185. The molecule has 8 heteroatoms. The van der Waals surface area contributed by atoms with Crippen molar-refractivity contribution in [3.8, 4) is 17.1 Å². The molecule has 1 saturated heterocycles. The zero-order valence-corrected chi connectivity index (χ0v) is 19.7. The zero-order valence-electron chi connectivity index (χ0n) is 18.9. The third-order valence-electron chi connectivity index (χ3n) is 6.12. The van der Waals surface area contributed by atoms with E-state index in [0.717, 1.165) is 70.9 Å². The summed E-state index contributed by atoms with van der Waals surface area (Å²) in [6, 6.07) is 20.3. The highest BCUT2D eigenvalue weighted by molar-refractivity contribution is 6.30. The van der Waals surface area contributed by atoms with Crippen molar-refractivity contribution >= 4 is 34.0 Å². The Balaban J connectivity index is 1.63. The molecule has 1 N–H and O–H groups in total. The summed E-state index contributed by atoms with van der Waals surface area (Å²) in [7, 11) is 0. The van der Waals surface area contributed by atoms with Crippen LogP contribution in [0.2, 0.25) is 5.02 Å². The SMILES string of the molecule is Clc1cccc(-n2c3cc(=NC4CCOCC4)c(Nc4cncnc4)cc-3nc3ccccc32)c1. The Morgan fingerprint density at radius 3 is 2.63 bits per heavy atom. The molecule has 3 aliphatic rings. The maximum atomic E-state index is 6.39. The highest BCUT2D eigenvalue weighted by atomic mass is 35.5. The van der Waals surface area contributed by atoms with E-state index in [1.807, 2.05) is 42.5 Å². The number of anilines is 2. The molecule has 0 radical (unpaired) electrons. The van der Waals surface area contributed by atoms with Gasteiger partial charge in [-0.1, -0.05) is 29.8 Å². The lowest BCUT2D eigenvalue weighted by atomic mass is 10.1. The van der Waals surface area contributed by atoms with E-state index in [2.05, 4.69) is 38.1 Å². The van der Waals surface area contributed by atoms with E-state index in [9.17, 15) is 0 Å². The minimum Gasteiger partial charge on any atom is -0.381 e. The van der Waals surface area contributed by atoms with E-state index in [0.29, 0.717) is 5.02 Å². The quantitative estimate of drug-likeness (QED) is 0.347. The molecule has 0 atom stereocenters. The van der Waals surface area contributed by atoms with Gasteiger partial charge in [-0.25, -0.2) is 15.0 Å². The number of nitrogens with one attached hydrogen (secondary N) is 1. The molecule has 2 aliphatic heterocycles. The predicted molar refractivity (Wildman–Crippen MR) is 137 cm³/mol. The van der Waals surface area contributed by atoms with Crippen LogP contribution in [0.4, 0.5) is 11.4 Å². The van der Waals surface area contributed by atoms with Crippen LogP contribution < -0.4 is 10.7 Å². The fourth-order valence-electron chi connectivity index (χ4n) is 4.47. The Kier molecular flexibility index (Phi) is 5.86. The number of fused-ring (bicyclic) bond motifs is 2. The Hall–Kier alpha value is -3.81. The summed E-state index contributed by atoms with van der Waals surface area (Å²) < 4.78 is 7.75. The van der Waals surface area contributed by atoms with Crippen LogP contribution in [0, 0.1) is 0 Å². The van der Waals surface area contributed by atoms with Crippen molar-refractivity contribution in [1.29, 1.82) is 0 Å². The van der Waals surface area contributed by atoms with Crippen LogP contribution >= 0.6 is 11.6 Å². The van der Waals surface area contributed by atoms with E-state index in [1.54, 1.807) is 12.4 Å². The van der Waals surface area contributed by atoms with Gasteiger partial charge in [-0.2, -0.15) is 0 Å². The molecule has 1 fully saturated rings. The van der Waals surface area contributed by atoms with Gasteiger partial charge in [-0.3, -0.25) is 4.99 Å². The molecule has 6 rings (SSSR count). The minimum absolute atomic E-state index is 0.196. The molecular formula is C27H23ClN6O. The molecule has 2 aromatic carbocycles. The van der Waals surface area contributed by atoms with E-state index >= 15 is 0 Å². The Morgan fingerprint density at radius 1 is 0.971 bits per heavy atom. The van der Waals surface area contributed by atoms with Crippen LogP contribution in [0.25, 0.3) is 28.1 Å². The first-order chi connectivity index (χ1) is 17.2. The van der Waals surface area contributed by atoms with Crippen molar-refractivity contribution in [3.05, 3.63) is 89.8 Å². The van der Waals surface area contributed by atoms with E-state index in [-0.39, 0.29) is 6.04 Å². The van der Waals surface area contributed by atoms with Crippen LogP contribution in [0.15, 0.2) is 84.4 Å². The molecule has 0 amide bonds. The number of para-hydroxylation sites is 2. The molecule has 0 bridgehead atoms. The van der Waals surface area contributed by atoms with Gasteiger partial charge in [-0.15, -0.1) is 0 Å². The highest BCUT2D eigenvalue weighted by Gasteiger charge is 2.18. The first-order valence-electron chi connectivity index (χ1n) is 11.6. The lowest BCUT2D eigenvalue weighted by molar-refractivity contribution is 0.0864. The van der Waals surface area contributed by atoms with Crippen molar-refractivity contribution < 1.29 is 4.74 Å². The smallest absolute Gasteiger partial charge is 0.115 e.